The van der Waals surface area contributed by atoms with E-state index >= 15 is 0 Å². The van der Waals surface area contributed by atoms with Crippen LogP contribution in [0.4, 0.5) is 4.79 Å². The fourth-order valence-corrected chi connectivity index (χ4v) is 5.27. The molecule has 6 rings (SSSR count). The molecule has 1 aromatic carbocycles. The first-order chi connectivity index (χ1) is 14.5. The highest BCUT2D eigenvalue weighted by atomic mass is 16.5. The van der Waals surface area contributed by atoms with E-state index in [9.17, 15) is 14.9 Å². The summed E-state index contributed by atoms with van der Waals surface area (Å²) >= 11 is 0. The molecular weight excluding hydrogens is 386 g/mol. The van der Waals surface area contributed by atoms with E-state index in [2.05, 4.69) is 11.4 Å². The van der Waals surface area contributed by atoms with Crippen LogP contribution in [0.1, 0.15) is 49.7 Å². The van der Waals surface area contributed by atoms with E-state index in [-0.39, 0.29) is 29.5 Å². The average Bonchev–Trinajstić information content (AvgIpc) is 3.35. The van der Waals surface area contributed by atoms with E-state index in [0.717, 1.165) is 29.9 Å². The van der Waals surface area contributed by atoms with Gasteiger partial charge in [0, 0.05) is 55.9 Å². The number of nitriles is 1. The van der Waals surface area contributed by atoms with Gasteiger partial charge in [-0.3, -0.25) is 9.69 Å². The van der Waals surface area contributed by atoms with E-state index in [1.54, 1.807) is 12.1 Å². The quantitative estimate of drug-likeness (QED) is 0.767. The summed E-state index contributed by atoms with van der Waals surface area (Å²) < 4.78 is 17.5. The second kappa shape index (κ2) is 6.11. The molecule has 3 heterocycles. The minimum absolute atomic E-state index is 0.0437. The summed E-state index contributed by atoms with van der Waals surface area (Å²) in [6, 6.07) is 5.31. The molecule has 3 aliphatic heterocycles. The van der Waals surface area contributed by atoms with Crippen LogP contribution in [0, 0.1) is 11.3 Å². The molecule has 2 saturated heterocycles. The summed E-state index contributed by atoms with van der Waals surface area (Å²) in [5.74, 6) is 1.35. The molecule has 1 N–H and O–H groups in total. The molecule has 0 atom stereocenters. The lowest BCUT2D eigenvalue weighted by molar-refractivity contribution is -0.138. The zero-order chi connectivity index (χ0) is 20.5. The molecule has 0 radical (unpaired) electrons. The lowest BCUT2D eigenvalue weighted by Crippen LogP contribution is -2.54. The van der Waals surface area contributed by atoms with Crippen molar-refractivity contribution in [3.05, 3.63) is 23.3 Å². The number of hydrogen-bond donors (Lipinski definition) is 1. The maximum atomic E-state index is 13.0. The molecule has 2 saturated carbocycles. The third-order valence-electron chi connectivity index (χ3n) is 7.35. The van der Waals surface area contributed by atoms with Crippen LogP contribution in [0.25, 0.3) is 0 Å². The number of ether oxygens (including phenoxy) is 3. The van der Waals surface area contributed by atoms with E-state index < -0.39 is 5.54 Å². The van der Waals surface area contributed by atoms with Crippen molar-refractivity contribution in [1.82, 2.24) is 10.2 Å². The van der Waals surface area contributed by atoms with Gasteiger partial charge in [0.25, 0.3) is 5.91 Å². The number of fused-ring (bicyclic) bond motifs is 2. The van der Waals surface area contributed by atoms with Gasteiger partial charge in [-0.05, 0) is 25.0 Å². The first-order valence-corrected chi connectivity index (χ1v) is 10.7. The molecule has 30 heavy (non-hydrogen) atoms. The van der Waals surface area contributed by atoms with Gasteiger partial charge in [-0.1, -0.05) is 0 Å². The maximum Gasteiger partial charge on any atom is 0.325 e. The van der Waals surface area contributed by atoms with Crippen LogP contribution in [-0.2, 0) is 14.9 Å². The predicted octanol–water partition coefficient (Wildman–Crippen LogP) is 1.99. The van der Waals surface area contributed by atoms with Gasteiger partial charge in [0.1, 0.15) is 23.1 Å². The fraction of sp³-hybridized carbons (Fsp3) is 0.591. The molecule has 0 unspecified atom stereocenters. The fourth-order valence-electron chi connectivity index (χ4n) is 5.27. The van der Waals surface area contributed by atoms with E-state index in [0.29, 0.717) is 51.1 Å². The van der Waals surface area contributed by atoms with Crippen molar-refractivity contribution in [1.29, 1.82) is 5.26 Å². The summed E-state index contributed by atoms with van der Waals surface area (Å²) in [6.07, 6.45) is 4.31. The predicted molar refractivity (Wildman–Crippen MR) is 103 cm³/mol. The van der Waals surface area contributed by atoms with Crippen LogP contribution < -0.4 is 14.8 Å². The van der Waals surface area contributed by atoms with Gasteiger partial charge in [-0.2, -0.15) is 5.26 Å². The van der Waals surface area contributed by atoms with Crippen LogP contribution in [-0.4, -0.2) is 54.3 Å². The standard InChI is InChI=1S/C22H23N3O5/c23-11-13-7-16-18(21(1-2-21)12-29-16)17(8-13)30-15-9-14(10-15)25-19(26)22(24-20(25)27)3-5-28-6-4-22/h7-8,14-15H,1-6,9-10,12H2,(H,24,27). The Hall–Kier alpha value is -2.79. The molecule has 3 amide bonds. The molecule has 8 heteroatoms. The van der Waals surface area contributed by atoms with Crippen molar-refractivity contribution < 1.29 is 23.8 Å². The SMILES string of the molecule is N#Cc1cc2c(c(OC3CC(N4C(=O)NC5(CCOCC5)C4=O)C3)c1)C1(CC1)CO2. The number of amides is 3. The van der Waals surface area contributed by atoms with Crippen LogP contribution in [0.5, 0.6) is 11.5 Å². The Bertz CT molecular complexity index is 983. The zero-order valence-corrected chi connectivity index (χ0v) is 16.6. The number of nitrogens with zero attached hydrogens (tertiary/aromatic N) is 2. The van der Waals surface area contributed by atoms with Crippen LogP contribution in [0.3, 0.4) is 0 Å². The molecule has 0 bridgehead atoms. The topological polar surface area (TPSA) is 101 Å². The summed E-state index contributed by atoms with van der Waals surface area (Å²) in [7, 11) is 0. The highest BCUT2D eigenvalue weighted by Crippen LogP contribution is 2.59. The summed E-state index contributed by atoms with van der Waals surface area (Å²) in [5, 5.41) is 12.3. The Morgan fingerprint density at radius 2 is 1.93 bits per heavy atom. The Labute approximate surface area is 174 Å². The number of rotatable bonds is 3. The first-order valence-electron chi connectivity index (χ1n) is 10.7. The molecule has 156 valence electrons. The van der Waals surface area contributed by atoms with Gasteiger partial charge in [0.2, 0.25) is 0 Å². The molecule has 8 nitrogen and oxygen atoms in total. The second-order valence-electron chi connectivity index (χ2n) is 9.19. The number of carbonyl (C=O) groups is 2. The summed E-state index contributed by atoms with van der Waals surface area (Å²) in [6.45, 7) is 1.62. The van der Waals surface area contributed by atoms with Crippen LogP contribution in [0.2, 0.25) is 0 Å². The summed E-state index contributed by atoms with van der Waals surface area (Å²) in [4.78, 5) is 27.0. The number of nitrogens with one attached hydrogen (secondary N) is 1. The highest BCUT2D eigenvalue weighted by Gasteiger charge is 2.56. The molecule has 0 aromatic heterocycles. The van der Waals surface area contributed by atoms with Gasteiger partial charge < -0.3 is 19.5 Å². The lowest BCUT2D eigenvalue weighted by atomic mass is 9.85. The number of carbonyl (C=O) groups excluding carboxylic acids is 2. The maximum absolute atomic E-state index is 13.0. The van der Waals surface area contributed by atoms with Gasteiger partial charge in [0.15, 0.2) is 0 Å². The van der Waals surface area contributed by atoms with Gasteiger partial charge >= 0.3 is 6.03 Å². The zero-order valence-electron chi connectivity index (χ0n) is 16.6. The summed E-state index contributed by atoms with van der Waals surface area (Å²) in [5.41, 5.74) is 0.856. The highest BCUT2D eigenvalue weighted by molar-refractivity contribution is 6.07. The lowest BCUT2D eigenvalue weighted by Gasteiger charge is -2.40. The van der Waals surface area contributed by atoms with Crippen molar-refractivity contribution in [3.63, 3.8) is 0 Å². The first kappa shape index (κ1) is 18.0. The number of urea groups is 1. The van der Waals surface area contributed by atoms with Crippen molar-refractivity contribution in [3.8, 4) is 17.6 Å². The Morgan fingerprint density at radius 1 is 1.17 bits per heavy atom. The van der Waals surface area contributed by atoms with Gasteiger partial charge in [-0.25, -0.2) is 4.79 Å². The average molecular weight is 409 g/mol. The van der Waals surface area contributed by atoms with Crippen molar-refractivity contribution >= 4 is 11.9 Å². The minimum Gasteiger partial charge on any atom is -0.492 e. The monoisotopic (exact) mass is 409 g/mol. The largest absolute Gasteiger partial charge is 0.492 e. The smallest absolute Gasteiger partial charge is 0.325 e. The van der Waals surface area contributed by atoms with Crippen LogP contribution >= 0.6 is 0 Å². The molecule has 2 spiro atoms. The number of benzene rings is 1. The molecular formula is C22H23N3O5. The van der Waals surface area contributed by atoms with E-state index in [4.69, 9.17) is 14.2 Å². The third kappa shape index (κ3) is 2.48. The molecule has 5 aliphatic rings. The second-order valence-corrected chi connectivity index (χ2v) is 9.19. The molecule has 4 fully saturated rings. The van der Waals surface area contributed by atoms with Crippen molar-refractivity contribution in [2.45, 2.75) is 61.6 Å². The molecule has 2 aliphatic carbocycles. The minimum atomic E-state index is -0.793. The van der Waals surface area contributed by atoms with Gasteiger partial charge in [-0.15, -0.1) is 0 Å². The van der Waals surface area contributed by atoms with E-state index in [1.807, 2.05) is 0 Å². The van der Waals surface area contributed by atoms with E-state index in [1.165, 1.54) is 4.90 Å². The number of imide groups is 1. The Balaban J connectivity index is 1.17. The normalized spacial score (nSPS) is 29.8. The Morgan fingerprint density at radius 3 is 2.63 bits per heavy atom. The van der Waals surface area contributed by atoms with Crippen LogP contribution in [0.15, 0.2) is 12.1 Å². The third-order valence-corrected chi connectivity index (χ3v) is 7.35. The van der Waals surface area contributed by atoms with Crippen molar-refractivity contribution in [2.75, 3.05) is 19.8 Å². The number of hydrogen-bond acceptors (Lipinski definition) is 6. The van der Waals surface area contributed by atoms with Gasteiger partial charge in [0.05, 0.1) is 18.2 Å². The van der Waals surface area contributed by atoms with Crippen molar-refractivity contribution in [2.24, 2.45) is 0 Å². The Kier molecular flexibility index (Phi) is 3.67. The molecule has 1 aromatic rings.